The zero-order chi connectivity index (χ0) is 4.83. The molecule has 0 aliphatic heterocycles. The van der Waals surface area contributed by atoms with Crippen LogP contribution in [-0.4, -0.2) is 0 Å². The lowest BCUT2D eigenvalue weighted by atomic mass is 10.4. The molecule has 6 heavy (non-hydrogen) atoms. The molecule has 0 aromatic heterocycles. The van der Waals surface area contributed by atoms with Crippen LogP contribution in [0.25, 0.3) is 0 Å². The molecular weight excluding hydrogens is 72.1 g/mol. The predicted octanol–water partition coefficient (Wildman–Crippen LogP) is 1.74. The fraction of sp³-hybridized carbons (Fsp3) is 0.333. The van der Waals surface area contributed by atoms with Crippen LogP contribution < -0.4 is 0 Å². The van der Waals surface area contributed by atoms with Gasteiger partial charge >= 0.3 is 0 Å². The van der Waals surface area contributed by atoms with Gasteiger partial charge in [-0.3, -0.25) is 0 Å². The smallest absolute Gasteiger partial charge is 0.0187 e. The van der Waals surface area contributed by atoms with Gasteiger partial charge in [0.1, 0.15) is 0 Å². The Morgan fingerprint density at radius 2 is 2.50 bits per heavy atom. The molecule has 0 heteroatoms. The number of allylic oxidation sites excluding steroid dienone is 3. The van der Waals surface area contributed by atoms with Gasteiger partial charge in [0.05, 0.1) is 0 Å². The first-order valence-corrected chi connectivity index (χ1v) is 2.03. The minimum absolute atomic E-state index is 1.03. The van der Waals surface area contributed by atoms with E-state index in [0.717, 1.165) is 6.42 Å². The first-order chi connectivity index (χ1) is 2.91. The fourth-order valence-electron chi connectivity index (χ4n) is 0.186. The normalized spacial score (nSPS) is 9.50. The number of hydrogen-bond donors (Lipinski definition) is 0. The van der Waals surface area contributed by atoms with E-state index in [2.05, 4.69) is 6.08 Å². The average Bonchev–Trinajstić information content (AvgIpc) is 1.61. The maximum Gasteiger partial charge on any atom is -0.0187 e. The lowest BCUT2D eigenvalue weighted by Crippen LogP contribution is -1.47. The second-order valence-electron chi connectivity index (χ2n) is 0.977. The van der Waals surface area contributed by atoms with Gasteiger partial charge in [0.2, 0.25) is 0 Å². The molecule has 0 spiro atoms. The molecule has 32 valence electrons. The second-order valence-corrected chi connectivity index (χ2v) is 0.977. The Bertz CT molecular complexity index is 51.1. The zero-order valence-electron chi connectivity index (χ0n) is 3.94. The fourth-order valence-corrected chi connectivity index (χ4v) is 0.186. The Balaban J connectivity index is 2.94. The Morgan fingerprint density at radius 1 is 1.83 bits per heavy atom. The van der Waals surface area contributed by atoms with Crippen molar-refractivity contribution >= 4 is 0 Å². The second kappa shape index (κ2) is 4.48. The predicted molar refractivity (Wildman–Crippen MR) is 27.0 cm³/mol. The van der Waals surface area contributed by atoms with E-state index in [1.165, 1.54) is 0 Å². The van der Waals surface area contributed by atoms with E-state index in [-0.39, 0.29) is 0 Å². The first kappa shape index (κ1) is 5.48. The van der Waals surface area contributed by atoms with E-state index in [0.29, 0.717) is 0 Å². The highest BCUT2D eigenvalue weighted by Gasteiger charge is 1.56. The molecule has 0 rings (SSSR count). The van der Waals surface area contributed by atoms with Gasteiger partial charge in [0.15, 0.2) is 0 Å². The van der Waals surface area contributed by atoms with Crippen LogP contribution in [0.5, 0.6) is 0 Å². The summed E-state index contributed by atoms with van der Waals surface area (Å²) in [4.78, 5) is 0. The maximum absolute atomic E-state index is 4.88. The van der Waals surface area contributed by atoms with Crippen LogP contribution in [0.1, 0.15) is 13.3 Å². The van der Waals surface area contributed by atoms with Gasteiger partial charge in [-0.15, -0.1) is 0 Å². The Labute approximate surface area is 39.2 Å². The molecule has 0 atom stereocenters. The largest absolute Gasteiger partial charge is 0.0842 e. The van der Waals surface area contributed by atoms with Crippen molar-refractivity contribution in [1.82, 2.24) is 0 Å². The van der Waals surface area contributed by atoms with Crippen LogP contribution >= 0.6 is 0 Å². The van der Waals surface area contributed by atoms with Crippen molar-refractivity contribution in [1.29, 1.82) is 0 Å². The van der Waals surface area contributed by atoms with Crippen LogP contribution in [0.2, 0.25) is 0 Å². The molecule has 2 radical (unpaired) electrons. The quantitative estimate of drug-likeness (QED) is 0.443. The third kappa shape index (κ3) is 3.48. The number of hydrogen-bond acceptors (Lipinski definition) is 0. The molecule has 0 fully saturated rings. The molecular formula is C6H8. The molecule has 0 heterocycles. The van der Waals surface area contributed by atoms with Crippen molar-refractivity contribution < 1.29 is 0 Å². The van der Waals surface area contributed by atoms with Crippen LogP contribution in [0, 0.1) is 12.7 Å². The van der Waals surface area contributed by atoms with Crippen molar-refractivity contribution in [3.63, 3.8) is 0 Å². The molecule has 0 amide bonds. The molecule has 0 saturated heterocycles. The summed E-state index contributed by atoms with van der Waals surface area (Å²) in [7, 11) is 0. The summed E-state index contributed by atoms with van der Waals surface area (Å²) in [6.07, 6.45) is 7.07. The molecule has 0 nitrogen and oxygen atoms in total. The lowest BCUT2D eigenvalue weighted by Gasteiger charge is -1.66. The summed E-state index contributed by atoms with van der Waals surface area (Å²) in [5.74, 6) is 0. The third-order valence-corrected chi connectivity index (χ3v) is 0.450. The lowest BCUT2D eigenvalue weighted by molar-refractivity contribution is 1.22. The summed E-state index contributed by atoms with van der Waals surface area (Å²) in [6, 6.07) is 0. The van der Waals surface area contributed by atoms with Crippen LogP contribution in [-0.2, 0) is 0 Å². The highest BCUT2D eigenvalue weighted by molar-refractivity contribution is 4.87. The van der Waals surface area contributed by atoms with Gasteiger partial charge in [-0.1, -0.05) is 25.7 Å². The maximum atomic E-state index is 4.88. The molecule has 0 saturated carbocycles. The summed E-state index contributed by atoms with van der Waals surface area (Å²) in [5.41, 5.74) is 0. The SMILES string of the molecule is [CH]=[C]/C=C/CC. The van der Waals surface area contributed by atoms with Gasteiger partial charge in [-0.25, -0.2) is 0 Å². The molecule has 0 aromatic carbocycles. The minimum Gasteiger partial charge on any atom is -0.0842 e. The van der Waals surface area contributed by atoms with Crippen LogP contribution in [0.3, 0.4) is 0 Å². The van der Waals surface area contributed by atoms with E-state index in [1.807, 2.05) is 13.0 Å². The highest BCUT2D eigenvalue weighted by Crippen LogP contribution is 1.75. The molecule has 0 aliphatic rings. The molecule has 0 aromatic rings. The molecule has 0 aliphatic carbocycles. The Morgan fingerprint density at radius 3 is 2.67 bits per heavy atom. The summed E-state index contributed by atoms with van der Waals surface area (Å²) in [6.45, 7) is 6.93. The number of rotatable bonds is 2. The summed E-state index contributed by atoms with van der Waals surface area (Å²) in [5, 5.41) is 0. The van der Waals surface area contributed by atoms with Gasteiger partial charge < -0.3 is 0 Å². The van der Waals surface area contributed by atoms with Gasteiger partial charge in [-0.2, -0.15) is 0 Å². The van der Waals surface area contributed by atoms with Crippen molar-refractivity contribution in [2.75, 3.05) is 0 Å². The van der Waals surface area contributed by atoms with Crippen LogP contribution in [0.15, 0.2) is 12.2 Å². The van der Waals surface area contributed by atoms with E-state index in [9.17, 15) is 0 Å². The van der Waals surface area contributed by atoms with Gasteiger partial charge in [0.25, 0.3) is 0 Å². The Hall–Kier alpha value is -0.520. The molecule has 0 bridgehead atoms. The zero-order valence-corrected chi connectivity index (χ0v) is 3.94. The topological polar surface area (TPSA) is 0 Å². The first-order valence-electron chi connectivity index (χ1n) is 2.03. The third-order valence-electron chi connectivity index (χ3n) is 0.450. The Kier molecular flexibility index (Phi) is 4.09. The van der Waals surface area contributed by atoms with Crippen LogP contribution in [0.4, 0.5) is 0 Å². The van der Waals surface area contributed by atoms with E-state index < -0.39 is 0 Å². The summed E-state index contributed by atoms with van der Waals surface area (Å²) < 4.78 is 0. The van der Waals surface area contributed by atoms with Crippen molar-refractivity contribution in [3.8, 4) is 0 Å². The van der Waals surface area contributed by atoms with E-state index in [1.54, 1.807) is 6.08 Å². The highest BCUT2D eigenvalue weighted by atomic mass is 13.6. The molecule has 0 N–H and O–H groups in total. The van der Waals surface area contributed by atoms with Crippen molar-refractivity contribution in [3.05, 3.63) is 24.8 Å². The van der Waals surface area contributed by atoms with Gasteiger partial charge in [-0.05, 0) is 12.5 Å². The average molecular weight is 80.1 g/mol. The summed E-state index contributed by atoms with van der Waals surface area (Å²) >= 11 is 0. The standard InChI is InChI=1S/C6H8/c1-3-5-6-4-2/h1,5-6H,4H2,2H3/b3-1?,6-5+. The van der Waals surface area contributed by atoms with Crippen molar-refractivity contribution in [2.45, 2.75) is 13.3 Å². The molecule has 0 unspecified atom stereocenters. The minimum atomic E-state index is 1.03. The van der Waals surface area contributed by atoms with Crippen molar-refractivity contribution in [2.24, 2.45) is 0 Å². The monoisotopic (exact) mass is 80.1 g/mol. The van der Waals surface area contributed by atoms with Gasteiger partial charge in [0, 0.05) is 0 Å². The van der Waals surface area contributed by atoms with E-state index >= 15 is 0 Å². The van der Waals surface area contributed by atoms with E-state index in [4.69, 9.17) is 6.58 Å².